The zero-order valence-electron chi connectivity index (χ0n) is 6.55. The molecule has 2 aliphatic heterocycles. The summed E-state index contributed by atoms with van der Waals surface area (Å²) in [6.07, 6.45) is 2.70. The molecule has 2 atom stereocenters. The minimum Gasteiger partial charge on any atom is -0.339 e. The van der Waals surface area contributed by atoms with Gasteiger partial charge >= 0.3 is 0 Å². The number of hydrogen-bond donors (Lipinski definition) is 0. The SMILES string of the molecule is CC1(C)OPN2CCC[C@H]21. The first-order valence-electron chi connectivity index (χ1n) is 3.90. The molecule has 0 aliphatic carbocycles. The van der Waals surface area contributed by atoms with Crippen molar-refractivity contribution >= 4 is 8.96 Å². The van der Waals surface area contributed by atoms with E-state index < -0.39 is 0 Å². The van der Waals surface area contributed by atoms with Gasteiger partial charge in [-0.05, 0) is 26.7 Å². The second kappa shape index (κ2) is 2.17. The first kappa shape index (κ1) is 7.02. The van der Waals surface area contributed by atoms with E-state index >= 15 is 0 Å². The topological polar surface area (TPSA) is 12.5 Å². The summed E-state index contributed by atoms with van der Waals surface area (Å²) in [4.78, 5) is 0. The maximum absolute atomic E-state index is 5.66. The molecule has 0 aromatic heterocycles. The molecule has 3 heteroatoms. The second-order valence-corrected chi connectivity index (χ2v) is 4.61. The van der Waals surface area contributed by atoms with Gasteiger partial charge in [-0.25, -0.2) is 0 Å². The average molecular weight is 159 g/mol. The van der Waals surface area contributed by atoms with Crippen LogP contribution in [-0.2, 0) is 4.52 Å². The van der Waals surface area contributed by atoms with E-state index in [2.05, 4.69) is 18.5 Å². The van der Waals surface area contributed by atoms with E-state index in [1.165, 1.54) is 19.4 Å². The average Bonchev–Trinajstić information content (AvgIpc) is 2.36. The van der Waals surface area contributed by atoms with Crippen LogP contribution >= 0.6 is 8.96 Å². The van der Waals surface area contributed by atoms with Gasteiger partial charge in [-0.2, -0.15) is 0 Å². The molecule has 58 valence electrons. The number of fused-ring (bicyclic) bond motifs is 1. The van der Waals surface area contributed by atoms with Gasteiger partial charge in [-0.3, -0.25) is 4.67 Å². The zero-order valence-corrected chi connectivity index (χ0v) is 7.55. The standard InChI is InChI=1S/C7H14NOP/c1-7(2)6-4-3-5-8(6)10-9-7/h6,10H,3-5H2,1-2H3/t6-/m0/s1. The van der Waals surface area contributed by atoms with E-state index in [1.54, 1.807) is 0 Å². The smallest absolute Gasteiger partial charge is 0.0901 e. The van der Waals surface area contributed by atoms with Crippen molar-refractivity contribution in [2.24, 2.45) is 0 Å². The molecule has 0 bridgehead atoms. The van der Waals surface area contributed by atoms with Crippen LogP contribution in [0.1, 0.15) is 26.7 Å². The van der Waals surface area contributed by atoms with Crippen LogP contribution in [0.4, 0.5) is 0 Å². The Morgan fingerprint density at radius 2 is 2.40 bits per heavy atom. The van der Waals surface area contributed by atoms with Crippen molar-refractivity contribution in [3.8, 4) is 0 Å². The van der Waals surface area contributed by atoms with Gasteiger partial charge in [0.25, 0.3) is 0 Å². The van der Waals surface area contributed by atoms with Crippen LogP contribution < -0.4 is 0 Å². The van der Waals surface area contributed by atoms with E-state index in [0.29, 0.717) is 15.0 Å². The molecule has 0 saturated carbocycles. The molecule has 0 aromatic rings. The van der Waals surface area contributed by atoms with Gasteiger partial charge in [0.2, 0.25) is 0 Å². The molecule has 2 heterocycles. The van der Waals surface area contributed by atoms with Crippen molar-refractivity contribution in [2.75, 3.05) is 6.54 Å². The van der Waals surface area contributed by atoms with Gasteiger partial charge in [0, 0.05) is 12.6 Å². The quantitative estimate of drug-likeness (QED) is 0.499. The highest BCUT2D eigenvalue weighted by molar-refractivity contribution is 7.29. The van der Waals surface area contributed by atoms with Crippen LogP contribution in [0.15, 0.2) is 0 Å². The summed E-state index contributed by atoms with van der Waals surface area (Å²) in [5, 5.41) is 0. The predicted octanol–water partition coefficient (Wildman–Crippen LogP) is 1.77. The lowest BCUT2D eigenvalue weighted by atomic mass is 9.98. The Kier molecular flexibility index (Phi) is 1.52. The van der Waals surface area contributed by atoms with Gasteiger partial charge in [0.15, 0.2) is 0 Å². The normalized spacial score (nSPS) is 40.8. The molecular weight excluding hydrogens is 145 g/mol. The second-order valence-electron chi connectivity index (χ2n) is 3.65. The molecule has 0 spiro atoms. The lowest BCUT2D eigenvalue weighted by molar-refractivity contribution is 0.114. The number of rotatable bonds is 0. The van der Waals surface area contributed by atoms with E-state index in [9.17, 15) is 0 Å². The highest BCUT2D eigenvalue weighted by atomic mass is 31.1. The molecule has 2 saturated heterocycles. The Morgan fingerprint density at radius 3 is 3.10 bits per heavy atom. The lowest BCUT2D eigenvalue weighted by Crippen LogP contribution is -2.35. The number of hydrogen-bond acceptors (Lipinski definition) is 2. The molecule has 0 radical (unpaired) electrons. The largest absolute Gasteiger partial charge is 0.339 e. The van der Waals surface area contributed by atoms with Crippen LogP contribution in [0.5, 0.6) is 0 Å². The van der Waals surface area contributed by atoms with Crippen molar-refractivity contribution < 1.29 is 4.52 Å². The monoisotopic (exact) mass is 159 g/mol. The summed E-state index contributed by atoms with van der Waals surface area (Å²) in [5.74, 6) is 0. The lowest BCUT2D eigenvalue weighted by Gasteiger charge is -2.23. The highest BCUT2D eigenvalue weighted by Crippen LogP contribution is 2.47. The summed E-state index contributed by atoms with van der Waals surface area (Å²) in [5.41, 5.74) is 0.134. The van der Waals surface area contributed by atoms with Crippen molar-refractivity contribution in [3.05, 3.63) is 0 Å². The van der Waals surface area contributed by atoms with Gasteiger partial charge in [-0.15, -0.1) is 0 Å². The Bertz CT molecular complexity index is 149. The predicted molar refractivity (Wildman–Crippen MR) is 43.2 cm³/mol. The third-order valence-electron chi connectivity index (χ3n) is 2.48. The minimum atomic E-state index is 0.134. The van der Waals surface area contributed by atoms with Crippen LogP contribution in [-0.4, -0.2) is 22.9 Å². The van der Waals surface area contributed by atoms with E-state index in [1.807, 2.05) is 0 Å². The van der Waals surface area contributed by atoms with Crippen LogP contribution in [0.2, 0.25) is 0 Å². The van der Waals surface area contributed by atoms with Gasteiger partial charge < -0.3 is 4.52 Å². The van der Waals surface area contributed by atoms with Crippen molar-refractivity contribution in [1.29, 1.82) is 0 Å². The Morgan fingerprint density at radius 1 is 1.60 bits per heavy atom. The third-order valence-corrected chi connectivity index (χ3v) is 3.87. The van der Waals surface area contributed by atoms with Crippen molar-refractivity contribution in [1.82, 2.24) is 4.67 Å². The van der Waals surface area contributed by atoms with Gasteiger partial charge in [0.1, 0.15) is 0 Å². The van der Waals surface area contributed by atoms with Gasteiger partial charge in [-0.1, -0.05) is 0 Å². The first-order valence-corrected chi connectivity index (χ1v) is 4.76. The van der Waals surface area contributed by atoms with E-state index in [0.717, 1.165) is 0 Å². The Hall–Kier alpha value is 0.350. The molecule has 2 nitrogen and oxygen atoms in total. The summed E-state index contributed by atoms with van der Waals surface area (Å²) in [7, 11) is 0.627. The Balaban J connectivity index is 2.16. The molecule has 2 fully saturated rings. The van der Waals surface area contributed by atoms with Crippen molar-refractivity contribution in [2.45, 2.75) is 38.3 Å². The maximum Gasteiger partial charge on any atom is 0.0901 e. The Labute approximate surface area is 63.8 Å². The van der Waals surface area contributed by atoms with Crippen molar-refractivity contribution in [3.63, 3.8) is 0 Å². The van der Waals surface area contributed by atoms with Crippen LogP contribution in [0, 0.1) is 0 Å². The molecule has 0 amide bonds. The molecule has 1 unspecified atom stereocenters. The molecular formula is C7H14NOP. The summed E-state index contributed by atoms with van der Waals surface area (Å²) in [6, 6.07) is 0.714. The fourth-order valence-electron chi connectivity index (χ4n) is 1.84. The molecule has 2 aliphatic rings. The number of nitrogens with zero attached hydrogens (tertiary/aromatic N) is 1. The summed E-state index contributed by atoms with van der Waals surface area (Å²) < 4.78 is 8.13. The van der Waals surface area contributed by atoms with E-state index in [-0.39, 0.29) is 5.60 Å². The maximum atomic E-state index is 5.66. The summed E-state index contributed by atoms with van der Waals surface area (Å²) in [6.45, 7) is 5.67. The highest BCUT2D eigenvalue weighted by Gasteiger charge is 2.44. The first-order chi connectivity index (χ1) is 4.70. The van der Waals surface area contributed by atoms with Crippen LogP contribution in [0.3, 0.4) is 0 Å². The third kappa shape index (κ3) is 0.903. The molecule has 2 rings (SSSR count). The van der Waals surface area contributed by atoms with Gasteiger partial charge in [0.05, 0.1) is 14.6 Å². The molecule has 0 aromatic carbocycles. The minimum absolute atomic E-state index is 0.134. The van der Waals surface area contributed by atoms with Crippen LogP contribution in [0.25, 0.3) is 0 Å². The fourth-order valence-corrected chi connectivity index (χ4v) is 3.15. The zero-order chi connectivity index (χ0) is 7.19. The molecule has 0 N–H and O–H groups in total. The fraction of sp³-hybridized carbons (Fsp3) is 1.00. The summed E-state index contributed by atoms with van der Waals surface area (Å²) >= 11 is 0. The molecule has 10 heavy (non-hydrogen) atoms. The van der Waals surface area contributed by atoms with E-state index in [4.69, 9.17) is 4.52 Å².